The van der Waals surface area contributed by atoms with Crippen molar-refractivity contribution in [3.63, 3.8) is 0 Å². The molecule has 50 valence electrons. The minimum Gasteiger partial charge on any atom is -0.412 e. The monoisotopic (exact) mass is 239 g/mol. The highest BCUT2D eigenvalue weighted by atomic mass is 127. The summed E-state index contributed by atoms with van der Waals surface area (Å²) in [6.07, 6.45) is 2.45. The predicted molar refractivity (Wildman–Crippen MR) is 41.8 cm³/mol. The molecular formula is C5H6INO2. The summed E-state index contributed by atoms with van der Waals surface area (Å²) < 4.78 is 6.16. The van der Waals surface area contributed by atoms with Crippen LogP contribution >= 0.6 is 22.9 Å². The molecule has 0 saturated heterocycles. The molecule has 0 aliphatic carbocycles. The molecule has 1 rings (SSSR count). The zero-order chi connectivity index (χ0) is 6.85. The average Bonchev–Trinajstić information content (AvgIpc) is 2.13. The molecule has 1 aromatic heterocycles. The minimum absolute atomic E-state index is 0.299. The number of hydrogen-bond donors (Lipinski definition) is 0. The first-order valence-electron chi connectivity index (χ1n) is 2.61. The Balaban J connectivity index is 3.13. The van der Waals surface area contributed by atoms with Crippen LogP contribution < -0.4 is 5.76 Å². The van der Waals surface area contributed by atoms with Crippen LogP contribution in [0.4, 0.5) is 0 Å². The van der Waals surface area contributed by atoms with E-state index in [-0.39, 0.29) is 5.76 Å². The number of hydrogen-bond acceptors (Lipinski definition) is 2. The van der Waals surface area contributed by atoms with Crippen molar-refractivity contribution >= 4 is 22.9 Å². The average molecular weight is 239 g/mol. The first kappa shape index (κ1) is 6.85. The molecule has 0 amide bonds. The van der Waals surface area contributed by atoms with E-state index < -0.39 is 0 Å². The molecule has 0 fully saturated rings. The normalized spacial score (nSPS) is 10.0. The van der Waals surface area contributed by atoms with Gasteiger partial charge in [-0.05, 0) is 0 Å². The molecule has 4 heteroatoms. The SMILES string of the molecule is CCc1cn(I)c(=O)o1. The molecule has 0 radical (unpaired) electrons. The molecule has 1 aromatic rings. The van der Waals surface area contributed by atoms with Crippen molar-refractivity contribution in [3.05, 3.63) is 22.5 Å². The van der Waals surface area contributed by atoms with Gasteiger partial charge in [-0.1, -0.05) is 6.92 Å². The number of aryl methyl sites for hydroxylation is 1. The van der Waals surface area contributed by atoms with E-state index in [9.17, 15) is 4.79 Å². The highest BCUT2D eigenvalue weighted by Gasteiger charge is 1.98. The summed E-state index contributed by atoms with van der Waals surface area (Å²) in [5.74, 6) is 0.432. The van der Waals surface area contributed by atoms with Crippen LogP contribution in [0.2, 0.25) is 0 Å². The van der Waals surface area contributed by atoms with Crippen LogP contribution in [-0.4, -0.2) is 2.78 Å². The second kappa shape index (κ2) is 2.55. The molecule has 0 bridgehead atoms. The topological polar surface area (TPSA) is 35.1 Å². The lowest BCUT2D eigenvalue weighted by molar-refractivity contribution is 0.472. The molecule has 0 aromatic carbocycles. The molecule has 0 unspecified atom stereocenters. The van der Waals surface area contributed by atoms with Crippen molar-refractivity contribution in [3.8, 4) is 0 Å². The summed E-state index contributed by atoms with van der Waals surface area (Å²) in [5, 5.41) is 0. The lowest BCUT2D eigenvalue weighted by Gasteiger charge is -1.77. The van der Waals surface area contributed by atoms with Gasteiger partial charge in [-0.2, -0.15) is 0 Å². The number of nitrogens with zero attached hydrogens (tertiary/aromatic N) is 1. The molecule has 1 heterocycles. The Kier molecular flexibility index (Phi) is 1.94. The van der Waals surface area contributed by atoms with Crippen LogP contribution in [0.3, 0.4) is 0 Å². The second-order valence-electron chi connectivity index (χ2n) is 1.63. The Morgan fingerprint density at radius 2 is 2.56 bits per heavy atom. The number of aromatic nitrogens is 1. The molecule has 0 spiro atoms. The molecule has 9 heavy (non-hydrogen) atoms. The fourth-order valence-electron chi connectivity index (χ4n) is 0.525. The molecule has 0 aliphatic heterocycles. The Hall–Kier alpha value is -0.260. The van der Waals surface area contributed by atoms with Crippen molar-refractivity contribution in [2.24, 2.45) is 0 Å². The molecule has 0 N–H and O–H groups in total. The molecular weight excluding hydrogens is 233 g/mol. The smallest absolute Gasteiger partial charge is 0.412 e. The fourth-order valence-corrected chi connectivity index (χ4v) is 0.934. The van der Waals surface area contributed by atoms with Crippen LogP contribution in [0.1, 0.15) is 12.7 Å². The van der Waals surface area contributed by atoms with Crippen LogP contribution in [0.25, 0.3) is 0 Å². The summed E-state index contributed by atoms with van der Waals surface area (Å²) in [6, 6.07) is 0. The van der Waals surface area contributed by atoms with Gasteiger partial charge in [0, 0.05) is 6.42 Å². The summed E-state index contributed by atoms with van der Waals surface area (Å²) in [6.45, 7) is 1.94. The lowest BCUT2D eigenvalue weighted by atomic mass is 10.4. The lowest BCUT2D eigenvalue weighted by Crippen LogP contribution is -2.01. The van der Waals surface area contributed by atoms with Gasteiger partial charge < -0.3 is 4.42 Å². The van der Waals surface area contributed by atoms with Crippen LogP contribution in [0.5, 0.6) is 0 Å². The molecule has 0 saturated carbocycles. The van der Waals surface area contributed by atoms with E-state index in [2.05, 4.69) is 0 Å². The van der Waals surface area contributed by atoms with Crippen molar-refractivity contribution in [2.45, 2.75) is 13.3 Å². The highest BCUT2D eigenvalue weighted by Crippen LogP contribution is 1.98. The van der Waals surface area contributed by atoms with E-state index >= 15 is 0 Å². The Morgan fingerprint density at radius 1 is 1.89 bits per heavy atom. The van der Waals surface area contributed by atoms with Gasteiger partial charge in [0.05, 0.1) is 29.1 Å². The fraction of sp³-hybridized carbons (Fsp3) is 0.400. The van der Waals surface area contributed by atoms with Crippen LogP contribution in [-0.2, 0) is 6.42 Å². The van der Waals surface area contributed by atoms with Crippen molar-refractivity contribution in [1.82, 2.24) is 2.78 Å². The number of halogens is 1. The first-order valence-corrected chi connectivity index (χ1v) is 3.58. The van der Waals surface area contributed by atoms with E-state index in [1.807, 2.05) is 29.8 Å². The summed E-state index contributed by atoms with van der Waals surface area (Å²) in [5.41, 5.74) is 0. The van der Waals surface area contributed by atoms with E-state index in [0.29, 0.717) is 0 Å². The second-order valence-corrected chi connectivity index (χ2v) is 2.67. The zero-order valence-electron chi connectivity index (χ0n) is 4.93. The Morgan fingerprint density at radius 3 is 2.78 bits per heavy atom. The van der Waals surface area contributed by atoms with Crippen molar-refractivity contribution < 1.29 is 4.42 Å². The van der Waals surface area contributed by atoms with Crippen molar-refractivity contribution in [2.75, 3.05) is 0 Å². The minimum atomic E-state index is -0.299. The number of rotatable bonds is 1. The van der Waals surface area contributed by atoms with Crippen LogP contribution in [0, 0.1) is 0 Å². The highest BCUT2D eigenvalue weighted by molar-refractivity contribution is 14.1. The van der Waals surface area contributed by atoms with Gasteiger partial charge in [-0.25, -0.2) is 7.58 Å². The maximum Gasteiger partial charge on any atom is 0.428 e. The van der Waals surface area contributed by atoms with E-state index in [0.717, 1.165) is 12.2 Å². The maximum atomic E-state index is 10.6. The summed E-state index contributed by atoms with van der Waals surface area (Å²) in [7, 11) is 0. The Labute approximate surface area is 66.2 Å². The Bertz CT molecular complexity index is 250. The largest absolute Gasteiger partial charge is 0.428 e. The van der Waals surface area contributed by atoms with E-state index in [4.69, 9.17) is 4.42 Å². The van der Waals surface area contributed by atoms with E-state index in [1.165, 1.54) is 2.78 Å². The third-order valence-electron chi connectivity index (χ3n) is 0.999. The van der Waals surface area contributed by atoms with Gasteiger partial charge in [-0.15, -0.1) is 0 Å². The quantitative estimate of drug-likeness (QED) is 0.690. The van der Waals surface area contributed by atoms with Gasteiger partial charge in [0.1, 0.15) is 5.76 Å². The summed E-state index contributed by atoms with van der Waals surface area (Å²) >= 11 is 1.88. The maximum absolute atomic E-state index is 10.6. The zero-order valence-corrected chi connectivity index (χ0v) is 7.08. The van der Waals surface area contributed by atoms with E-state index in [1.54, 1.807) is 6.20 Å². The standard InChI is InChI=1S/C5H6INO2/c1-2-4-3-7(6)5(8)9-4/h3H,2H2,1H3. The van der Waals surface area contributed by atoms with Gasteiger partial charge in [0.2, 0.25) is 0 Å². The third-order valence-corrected chi connectivity index (χ3v) is 1.67. The third kappa shape index (κ3) is 1.35. The van der Waals surface area contributed by atoms with Gasteiger partial charge in [0.15, 0.2) is 0 Å². The number of oxazole rings is 1. The molecule has 3 nitrogen and oxygen atoms in total. The van der Waals surface area contributed by atoms with Gasteiger partial charge >= 0.3 is 5.76 Å². The van der Waals surface area contributed by atoms with Crippen LogP contribution in [0.15, 0.2) is 15.4 Å². The molecule has 0 atom stereocenters. The van der Waals surface area contributed by atoms with Crippen molar-refractivity contribution in [1.29, 1.82) is 0 Å². The van der Waals surface area contributed by atoms with Gasteiger partial charge in [0.25, 0.3) is 0 Å². The van der Waals surface area contributed by atoms with Gasteiger partial charge in [-0.3, -0.25) is 0 Å². The first-order chi connectivity index (χ1) is 4.24. The summed E-state index contributed by atoms with van der Waals surface area (Å²) in [4.78, 5) is 10.6. The molecule has 0 aliphatic rings. The predicted octanol–water partition coefficient (Wildman–Crippen LogP) is 1.20.